The summed E-state index contributed by atoms with van der Waals surface area (Å²) in [5.74, 6) is 3.59. The summed E-state index contributed by atoms with van der Waals surface area (Å²) in [5.41, 5.74) is 0. The predicted octanol–water partition coefficient (Wildman–Crippen LogP) is 5.90. The number of hydrogen-bond acceptors (Lipinski definition) is 6. The third kappa shape index (κ3) is 5.83. The fraction of sp³-hybridized carbons (Fsp3) is 0.143. The summed E-state index contributed by atoms with van der Waals surface area (Å²) < 4.78 is 33.4. The molecular formula is C21H22ClO6P. The third-order valence-corrected chi connectivity index (χ3v) is 6.03. The van der Waals surface area contributed by atoms with Crippen LogP contribution in [0.1, 0.15) is 0 Å². The van der Waals surface area contributed by atoms with Gasteiger partial charge in [0.25, 0.3) is 0 Å². The van der Waals surface area contributed by atoms with Crippen molar-refractivity contribution in [2.75, 3.05) is 21.3 Å². The van der Waals surface area contributed by atoms with Gasteiger partial charge in [-0.15, -0.1) is 0 Å². The van der Waals surface area contributed by atoms with E-state index < -0.39 is 7.30 Å². The number of halogens is 1. The Morgan fingerprint density at radius 1 is 0.448 bits per heavy atom. The van der Waals surface area contributed by atoms with Crippen molar-refractivity contribution in [3.8, 4) is 34.5 Å². The first kappa shape index (κ1) is 20.9. The van der Waals surface area contributed by atoms with Crippen LogP contribution in [0, 0.1) is 0 Å². The van der Waals surface area contributed by atoms with Crippen molar-refractivity contribution in [2.45, 2.75) is 0 Å². The zero-order valence-corrected chi connectivity index (χ0v) is 18.0. The van der Waals surface area contributed by atoms with Gasteiger partial charge in [-0.1, -0.05) is 0 Å². The zero-order valence-electron chi connectivity index (χ0n) is 16.3. The van der Waals surface area contributed by atoms with Crippen LogP contribution in [0.15, 0.2) is 72.8 Å². The van der Waals surface area contributed by atoms with Crippen molar-refractivity contribution in [1.29, 1.82) is 0 Å². The first-order valence-electron chi connectivity index (χ1n) is 8.71. The van der Waals surface area contributed by atoms with Crippen molar-refractivity contribution in [3.05, 3.63) is 72.8 Å². The van der Waals surface area contributed by atoms with Gasteiger partial charge in [0.15, 0.2) is 0 Å². The van der Waals surface area contributed by atoms with E-state index >= 15 is 0 Å². The monoisotopic (exact) mass is 436 g/mol. The molecule has 0 unspecified atom stereocenters. The van der Waals surface area contributed by atoms with Crippen molar-refractivity contribution < 1.29 is 27.8 Å². The summed E-state index contributed by atoms with van der Waals surface area (Å²) in [7, 11) is 1.08. The molecule has 0 bridgehead atoms. The normalized spacial score (nSPS) is 11.3. The number of hydrogen-bond donors (Lipinski definition) is 0. The van der Waals surface area contributed by atoms with Gasteiger partial charge < -0.3 is 0 Å². The van der Waals surface area contributed by atoms with E-state index in [2.05, 4.69) is 0 Å². The Kier molecular flexibility index (Phi) is 6.91. The number of methoxy groups -OCH3 is 3. The Morgan fingerprint density at radius 2 is 0.655 bits per heavy atom. The Balaban J connectivity index is 1.84. The van der Waals surface area contributed by atoms with Gasteiger partial charge in [-0.2, -0.15) is 0 Å². The van der Waals surface area contributed by atoms with Crippen LogP contribution in [-0.2, 0) is 0 Å². The average molecular weight is 437 g/mol. The van der Waals surface area contributed by atoms with Gasteiger partial charge in [0, 0.05) is 0 Å². The molecule has 0 aromatic heterocycles. The van der Waals surface area contributed by atoms with Crippen molar-refractivity contribution in [1.82, 2.24) is 0 Å². The molecule has 29 heavy (non-hydrogen) atoms. The molecule has 0 aliphatic rings. The minimum absolute atomic E-state index is 0.495. The molecule has 3 aromatic carbocycles. The van der Waals surface area contributed by atoms with Crippen LogP contribution in [0.5, 0.6) is 34.5 Å². The first-order valence-corrected chi connectivity index (χ1v) is 11.5. The van der Waals surface area contributed by atoms with Gasteiger partial charge in [0.2, 0.25) is 0 Å². The summed E-state index contributed by atoms with van der Waals surface area (Å²) in [6.45, 7) is 0. The van der Waals surface area contributed by atoms with Crippen LogP contribution < -0.4 is 27.8 Å². The molecule has 0 saturated heterocycles. The van der Waals surface area contributed by atoms with Gasteiger partial charge >= 0.3 is 175 Å². The molecule has 0 N–H and O–H groups in total. The molecule has 3 aromatic rings. The molecule has 0 fully saturated rings. The van der Waals surface area contributed by atoms with E-state index in [1.807, 2.05) is 0 Å². The molecular weight excluding hydrogens is 415 g/mol. The van der Waals surface area contributed by atoms with E-state index in [1.165, 1.54) is 0 Å². The number of rotatable bonds is 9. The second kappa shape index (κ2) is 9.59. The van der Waals surface area contributed by atoms with Crippen molar-refractivity contribution >= 4 is 18.5 Å². The summed E-state index contributed by atoms with van der Waals surface area (Å²) in [5, 5.41) is 0. The van der Waals surface area contributed by atoms with E-state index in [-0.39, 0.29) is 0 Å². The topological polar surface area (TPSA) is 55.4 Å². The number of ether oxygens (including phenoxy) is 3. The Morgan fingerprint density at radius 3 is 0.862 bits per heavy atom. The molecule has 0 aliphatic heterocycles. The molecule has 0 spiro atoms. The molecule has 8 heteroatoms. The van der Waals surface area contributed by atoms with Crippen LogP contribution in [0.2, 0.25) is 0 Å². The minimum atomic E-state index is -3.70. The van der Waals surface area contributed by atoms with E-state index in [9.17, 15) is 0 Å². The molecule has 0 atom stereocenters. The molecule has 6 nitrogen and oxygen atoms in total. The fourth-order valence-electron chi connectivity index (χ4n) is 2.42. The first-order chi connectivity index (χ1) is 14.0. The molecule has 0 saturated carbocycles. The quantitative estimate of drug-likeness (QED) is 0.389. The summed E-state index contributed by atoms with van der Waals surface area (Å²) in [4.78, 5) is 0. The Hall–Kier alpha value is -2.82. The predicted molar refractivity (Wildman–Crippen MR) is 115 cm³/mol. The van der Waals surface area contributed by atoms with Gasteiger partial charge in [0.1, 0.15) is 0 Å². The second-order valence-corrected chi connectivity index (χ2v) is 8.78. The van der Waals surface area contributed by atoms with Gasteiger partial charge in [0.05, 0.1) is 0 Å². The molecule has 0 amide bonds. The molecule has 0 heterocycles. The Labute approximate surface area is 175 Å². The van der Waals surface area contributed by atoms with Crippen molar-refractivity contribution in [3.63, 3.8) is 0 Å². The van der Waals surface area contributed by atoms with E-state index in [0.717, 1.165) is 0 Å². The van der Waals surface area contributed by atoms with E-state index in [0.29, 0.717) is 34.5 Å². The summed E-state index contributed by atoms with van der Waals surface area (Å²) in [6.07, 6.45) is 0. The van der Waals surface area contributed by atoms with Crippen LogP contribution in [0.4, 0.5) is 0 Å². The van der Waals surface area contributed by atoms with Gasteiger partial charge in [-0.05, 0) is 0 Å². The Bertz CT molecular complexity index is 780. The van der Waals surface area contributed by atoms with Gasteiger partial charge in [-0.25, -0.2) is 0 Å². The average Bonchev–Trinajstić information content (AvgIpc) is 2.75. The maximum atomic E-state index is 6.74. The van der Waals surface area contributed by atoms with Crippen LogP contribution in [0.3, 0.4) is 0 Å². The molecule has 154 valence electrons. The van der Waals surface area contributed by atoms with Crippen LogP contribution in [0.25, 0.3) is 0 Å². The van der Waals surface area contributed by atoms with E-state index in [1.54, 1.807) is 94.1 Å². The second-order valence-electron chi connectivity index (χ2n) is 5.81. The molecule has 0 radical (unpaired) electrons. The van der Waals surface area contributed by atoms with Gasteiger partial charge in [-0.3, -0.25) is 0 Å². The maximum absolute atomic E-state index is 6.74. The van der Waals surface area contributed by atoms with Crippen LogP contribution in [-0.4, -0.2) is 21.3 Å². The fourth-order valence-corrected chi connectivity index (χ4v) is 4.60. The molecule has 3 rings (SSSR count). The number of benzene rings is 3. The SMILES string of the molecule is COc1ccc(O[PH](Cl)(Oc2ccc(OC)cc2)Oc2ccc(OC)cc2)cc1. The third-order valence-electron chi connectivity index (χ3n) is 3.90. The molecule has 0 aliphatic carbocycles. The van der Waals surface area contributed by atoms with Crippen LogP contribution >= 0.6 is 18.5 Å². The van der Waals surface area contributed by atoms with E-state index in [4.69, 9.17) is 39.0 Å². The summed E-state index contributed by atoms with van der Waals surface area (Å²) in [6, 6.07) is 21.0. The summed E-state index contributed by atoms with van der Waals surface area (Å²) >= 11 is 6.74. The van der Waals surface area contributed by atoms with Crippen molar-refractivity contribution in [2.24, 2.45) is 0 Å². The standard InChI is InChI=1S/C21H22ClO6P/c1-23-16-4-10-19(11-5-16)26-29(22,27-20-12-6-17(24-2)7-13-20)28-21-14-8-18(25-3)9-15-21/h4-15,29H,1-3H3. The zero-order chi connectivity index (χ0) is 20.7.